The molecule has 1 aromatic heterocycles. The second kappa shape index (κ2) is 16.9. The van der Waals surface area contributed by atoms with Gasteiger partial charge >= 0.3 is 0 Å². The van der Waals surface area contributed by atoms with Crippen LogP contribution < -0.4 is 9.80 Å². The molecule has 0 atom stereocenters. The van der Waals surface area contributed by atoms with Gasteiger partial charge < -0.3 is 14.4 Å². The lowest BCUT2D eigenvalue weighted by Crippen LogP contribution is -2.10. The summed E-state index contributed by atoms with van der Waals surface area (Å²) in [5.41, 5.74) is 17.1. The number of benzene rings is 12. The average Bonchev–Trinajstić information content (AvgIpc) is 3.76. The molecule has 3 heteroatoms. The normalized spacial score (nSPS) is 11.5. The highest BCUT2D eigenvalue weighted by atomic mass is 15.1. The van der Waals surface area contributed by atoms with Gasteiger partial charge in [0.25, 0.3) is 0 Å². The highest BCUT2D eigenvalue weighted by Gasteiger charge is 2.24. The van der Waals surface area contributed by atoms with Gasteiger partial charge in [0.1, 0.15) is 0 Å². The number of rotatable bonds is 10. The van der Waals surface area contributed by atoms with Gasteiger partial charge in [0.05, 0.1) is 16.7 Å². The van der Waals surface area contributed by atoms with Crippen LogP contribution in [0.4, 0.5) is 34.1 Å². The fraction of sp³-hybridized carbons (Fsp3) is 0. The van der Waals surface area contributed by atoms with Gasteiger partial charge in [-0.15, -0.1) is 0 Å². The lowest BCUT2D eigenvalue weighted by molar-refractivity contribution is 1.18. The Morgan fingerprint density at radius 1 is 0.261 bits per heavy atom. The van der Waals surface area contributed by atoms with Crippen molar-refractivity contribution < 1.29 is 0 Å². The van der Waals surface area contributed by atoms with Crippen LogP contribution >= 0.6 is 0 Å². The molecule has 12 aromatic carbocycles. The van der Waals surface area contributed by atoms with E-state index in [1.165, 1.54) is 71.2 Å². The fourth-order valence-electron chi connectivity index (χ4n) is 10.6. The SMILES string of the molecule is c1ccc(-c2cc(-c3ccccc3)cc(-n3c4cc(-c5ccc(N(c6ccccc6)c6ccccc6)c6ccccc56)cc5ccc6cc(N(c7ccccc7)c7ccccc7)cc3c6c54)c2)cc1. The highest BCUT2D eigenvalue weighted by molar-refractivity contribution is 6.26. The molecule has 0 radical (unpaired) electrons. The summed E-state index contributed by atoms with van der Waals surface area (Å²) in [5.74, 6) is 0. The number of para-hydroxylation sites is 4. The van der Waals surface area contributed by atoms with Crippen molar-refractivity contribution in [3.63, 3.8) is 0 Å². The summed E-state index contributed by atoms with van der Waals surface area (Å²) >= 11 is 0. The Labute approximate surface area is 402 Å². The summed E-state index contributed by atoms with van der Waals surface area (Å²) in [6.07, 6.45) is 0. The maximum Gasteiger partial charge on any atom is 0.0568 e. The van der Waals surface area contributed by atoms with E-state index in [1.807, 2.05) is 0 Å². The Morgan fingerprint density at radius 3 is 1.22 bits per heavy atom. The molecule has 69 heavy (non-hydrogen) atoms. The van der Waals surface area contributed by atoms with Gasteiger partial charge in [-0.3, -0.25) is 0 Å². The molecule has 0 N–H and O–H groups in total. The van der Waals surface area contributed by atoms with Crippen LogP contribution in [0.15, 0.2) is 273 Å². The van der Waals surface area contributed by atoms with Gasteiger partial charge in [0.15, 0.2) is 0 Å². The summed E-state index contributed by atoms with van der Waals surface area (Å²) in [5, 5.41) is 7.30. The second-order valence-electron chi connectivity index (χ2n) is 17.7. The second-order valence-corrected chi connectivity index (χ2v) is 17.7. The van der Waals surface area contributed by atoms with Gasteiger partial charge in [-0.1, -0.05) is 176 Å². The summed E-state index contributed by atoms with van der Waals surface area (Å²) in [4.78, 5) is 4.75. The first-order chi connectivity index (χ1) is 34.2. The summed E-state index contributed by atoms with van der Waals surface area (Å²) in [6.45, 7) is 0. The quantitative estimate of drug-likeness (QED) is 0.127. The molecule has 13 aromatic rings. The zero-order chi connectivity index (χ0) is 45.7. The first-order valence-electron chi connectivity index (χ1n) is 23.7. The maximum atomic E-state index is 2.54. The lowest BCUT2D eigenvalue weighted by Gasteiger charge is -2.27. The number of hydrogen-bond acceptors (Lipinski definition) is 2. The molecule has 0 saturated carbocycles. The molecule has 0 aliphatic heterocycles. The fourth-order valence-corrected chi connectivity index (χ4v) is 10.6. The topological polar surface area (TPSA) is 11.4 Å². The molecule has 0 amide bonds. The molecule has 0 fully saturated rings. The highest BCUT2D eigenvalue weighted by Crippen LogP contribution is 2.48. The number of nitrogens with zero attached hydrogens (tertiary/aromatic N) is 3. The van der Waals surface area contributed by atoms with Gasteiger partial charge in [0.2, 0.25) is 0 Å². The van der Waals surface area contributed by atoms with Crippen molar-refractivity contribution in [3.05, 3.63) is 273 Å². The van der Waals surface area contributed by atoms with Crippen molar-refractivity contribution >= 4 is 77.5 Å². The van der Waals surface area contributed by atoms with Crippen molar-refractivity contribution in [2.24, 2.45) is 0 Å². The van der Waals surface area contributed by atoms with Crippen molar-refractivity contribution in [1.82, 2.24) is 4.57 Å². The predicted octanol–water partition coefficient (Wildman–Crippen LogP) is 18.5. The first kappa shape index (κ1) is 40.1. The van der Waals surface area contributed by atoms with Crippen LogP contribution in [-0.4, -0.2) is 4.57 Å². The number of fused-ring (bicyclic) bond motifs is 1. The molecular formula is C66H45N3. The molecule has 324 valence electrons. The predicted molar refractivity (Wildman–Crippen MR) is 293 cm³/mol. The summed E-state index contributed by atoms with van der Waals surface area (Å²) in [7, 11) is 0. The minimum absolute atomic E-state index is 1.10. The molecule has 0 aliphatic rings. The Balaban J connectivity index is 1.10. The van der Waals surface area contributed by atoms with Crippen LogP contribution in [0.3, 0.4) is 0 Å². The molecular weight excluding hydrogens is 835 g/mol. The number of aromatic nitrogens is 1. The van der Waals surface area contributed by atoms with Crippen molar-refractivity contribution in [1.29, 1.82) is 0 Å². The minimum Gasteiger partial charge on any atom is -0.310 e. The first-order valence-corrected chi connectivity index (χ1v) is 23.7. The van der Waals surface area contributed by atoms with Gasteiger partial charge in [0, 0.05) is 50.3 Å². The Morgan fingerprint density at radius 2 is 0.696 bits per heavy atom. The zero-order valence-corrected chi connectivity index (χ0v) is 37.8. The molecule has 0 aliphatic carbocycles. The zero-order valence-electron chi connectivity index (χ0n) is 37.8. The largest absolute Gasteiger partial charge is 0.310 e. The third-order valence-electron chi connectivity index (χ3n) is 13.6. The summed E-state index contributed by atoms with van der Waals surface area (Å²) < 4.78 is 2.54. The molecule has 0 bridgehead atoms. The van der Waals surface area contributed by atoms with E-state index in [1.54, 1.807) is 0 Å². The number of anilines is 6. The van der Waals surface area contributed by atoms with Crippen molar-refractivity contribution in [2.75, 3.05) is 9.80 Å². The van der Waals surface area contributed by atoms with Crippen molar-refractivity contribution in [2.45, 2.75) is 0 Å². The molecule has 0 unspecified atom stereocenters. The van der Waals surface area contributed by atoms with E-state index < -0.39 is 0 Å². The monoisotopic (exact) mass is 879 g/mol. The lowest BCUT2D eigenvalue weighted by atomic mass is 9.93. The van der Waals surface area contributed by atoms with E-state index in [9.17, 15) is 0 Å². The van der Waals surface area contributed by atoms with Gasteiger partial charge in [-0.2, -0.15) is 0 Å². The van der Waals surface area contributed by atoms with Crippen LogP contribution in [0, 0.1) is 0 Å². The van der Waals surface area contributed by atoms with E-state index >= 15 is 0 Å². The molecule has 13 rings (SSSR count). The Bertz CT molecular complexity index is 3790. The Hall–Kier alpha value is -9.18. The van der Waals surface area contributed by atoms with Crippen LogP contribution in [-0.2, 0) is 0 Å². The van der Waals surface area contributed by atoms with Gasteiger partial charge in [-0.25, -0.2) is 0 Å². The van der Waals surface area contributed by atoms with E-state index in [4.69, 9.17) is 0 Å². The van der Waals surface area contributed by atoms with E-state index in [0.29, 0.717) is 0 Å². The molecule has 0 saturated heterocycles. The smallest absolute Gasteiger partial charge is 0.0568 e. The summed E-state index contributed by atoms with van der Waals surface area (Å²) in [6, 6.07) is 99.3. The molecule has 0 spiro atoms. The maximum absolute atomic E-state index is 2.54. The van der Waals surface area contributed by atoms with E-state index in [0.717, 1.165) is 45.3 Å². The van der Waals surface area contributed by atoms with Gasteiger partial charge in [-0.05, 0) is 147 Å². The standard InChI is InChI=1S/C66H45N3/c1-7-21-46(22-8-1)50-40-51(47-23-9-2-10-24-47)43-57(42-50)69-63-44-52(59-37-38-62(61-34-20-19-33-60(59)61)68(55-29-15-5-16-30-55)56-31-17-6-18-32-56)39-48-35-36-49-41-58(45-64(69)66(49)65(48)63)67(53-25-11-3-12-26-53)54-27-13-4-14-28-54/h1-45H. The third kappa shape index (κ3) is 7.08. The van der Waals surface area contributed by atoms with Crippen LogP contribution in [0.1, 0.15) is 0 Å². The molecule has 1 heterocycles. The van der Waals surface area contributed by atoms with E-state index in [2.05, 4.69) is 287 Å². The van der Waals surface area contributed by atoms with Crippen LogP contribution in [0.5, 0.6) is 0 Å². The van der Waals surface area contributed by atoms with Crippen molar-refractivity contribution in [3.8, 4) is 39.1 Å². The Kier molecular flexibility index (Phi) is 9.84. The third-order valence-corrected chi connectivity index (χ3v) is 13.6. The molecule has 3 nitrogen and oxygen atoms in total. The minimum atomic E-state index is 1.10. The number of hydrogen-bond donors (Lipinski definition) is 0. The van der Waals surface area contributed by atoms with Crippen LogP contribution in [0.2, 0.25) is 0 Å². The van der Waals surface area contributed by atoms with E-state index in [-0.39, 0.29) is 0 Å². The average molecular weight is 880 g/mol. The van der Waals surface area contributed by atoms with Crippen LogP contribution in [0.25, 0.3) is 82.4 Å².